The van der Waals surface area contributed by atoms with Gasteiger partial charge in [0.1, 0.15) is 5.75 Å². The highest BCUT2D eigenvalue weighted by molar-refractivity contribution is 9.10. The molecule has 0 atom stereocenters. The Hall–Kier alpha value is -2.34. The van der Waals surface area contributed by atoms with Gasteiger partial charge in [-0.25, -0.2) is 4.79 Å². The smallest absolute Gasteiger partial charge is 0.335 e. The summed E-state index contributed by atoms with van der Waals surface area (Å²) in [5.41, 5.74) is 4.92. The summed E-state index contributed by atoms with van der Waals surface area (Å²) in [5, 5.41) is 22.8. The van der Waals surface area contributed by atoms with E-state index in [2.05, 4.69) is 26.5 Å². The fourth-order valence-corrected chi connectivity index (χ4v) is 2.06. The predicted octanol–water partition coefficient (Wildman–Crippen LogP) is 3.69. The van der Waals surface area contributed by atoms with E-state index >= 15 is 0 Å². The molecule has 108 valence electrons. The van der Waals surface area contributed by atoms with E-state index in [1.165, 1.54) is 12.1 Å². The number of anilines is 1. The minimum atomic E-state index is -0.972. The van der Waals surface area contributed by atoms with Crippen molar-refractivity contribution in [2.45, 2.75) is 6.92 Å². The van der Waals surface area contributed by atoms with Gasteiger partial charge in [0.15, 0.2) is 0 Å². The fourth-order valence-electron chi connectivity index (χ4n) is 1.69. The summed E-state index contributed by atoms with van der Waals surface area (Å²) in [4.78, 5) is 10.8. The summed E-state index contributed by atoms with van der Waals surface area (Å²) in [5.74, 6) is -0.831. The molecule has 0 aromatic heterocycles. The predicted molar refractivity (Wildman–Crippen MR) is 85.0 cm³/mol. The second-order valence-corrected chi connectivity index (χ2v) is 5.27. The third kappa shape index (κ3) is 3.82. The van der Waals surface area contributed by atoms with Gasteiger partial charge in [0.05, 0.1) is 17.0 Å². The van der Waals surface area contributed by atoms with Crippen LogP contribution in [0.25, 0.3) is 0 Å². The van der Waals surface area contributed by atoms with Gasteiger partial charge in [-0.2, -0.15) is 5.10 Å². The highest BCUT2D eigenvalue weighted by atomic mass is 79.9. The van der Waals surface area contributed by atoms with Crippen molar-refractivity contribution in [3.63, 3.8) is 0 Å². The largest absolute Gasteiger partial charge is 0.507 e. The van der Waals surface area contributed by atoms with Crippen molar-refractivity contribution in [2.24, 2.45) is 5.10 Å². The molecule has 0 saturated carbocycles. The number of rotatable bonds is 4. The number of nitrogens with zero attached hydrogens (tertiary/aromatic N) is 1. The van der Waals surface area contributed by atoms with Gasteiger partial charge in [0.25, 0.3) is 0 Å². The van der Waals surface area contributed by atoms with E-state index in [-0.39, 0.29) is 11.3 Å². The number of nitrogens with one attached hydrogen (secondary N) is 1. The first-order valence-corrected chi connectivity index (χ1v) is 6.89. The number of halogens is 1. The molecule has 0 aliphatic rings. The zero-order chi connectivity index (χ0) is 15.4. The van der Waals surface area contributed by atoms with Gasteiger partial charge in [-0.05, 0) is 49.4 Å². The summed E-state index contributed by atoms with van der Waals surface area (Å²) in [6.07, 6.45) is 0. The quantitative estimate of drug-likeness (QED) is 0.581. The first-order valence-electron chi connectivity index (χ1n) is 6.10. The Labute approximate surface area is 130 Å². The summed E-state index contributed by atoms with van der Waals surface area (Å²) in [6.45, 7) is 1.76. The van der Waals surface area contributed by atoms with Crippen molar-refractivity contribution in [3.8, 4) is 5.75 Å². The topological polar surface area (TPSA) is 81.9 Å². The average molecular weight is 349 g/mol. The second-order valence-electron chi connectivity index (χ2n) is 4.35. The lowest BCUT2D eigenvalue weighted by Gasteiger charge is -2.06. The Balaban J connectivity index is 2.16. The van der Waals surface area contributed by atoms with Gasteiger partial charge in [0.2, 0.25) is 0 Å². The van der Waals surface area contributed by atoms with Gasteiger partial charge in [-0.15, -0.1) is 0 Å². The lowest BCUT2D eigenvalue weighted by atomic mass is 10.1. The molecule has 6 heteroatoms. The first kappa shape index (κ1) is 15.1. The molecule has 0 saturated heterocycles. The Morgan fingerprint density at radius 3 is 2.48 bits per heavy atom. The molecule has 0 fully saturated rings. The highest BCUT2D eigenvalue weighted by Crippen LogP contribution is 2.22. The lowest BCUT2D eigenvalue weighted by Crippen LogP contribution is -2.01. The maximum Gasteiger partial charge on any atom is 0.335 e. The Kier molecular flexibility index (Phi) is 4.59. The van der Waals surface area contributed by atoms with E-state index in [4.69, 9.17) is 5.11 Å². The van der Waals surface area contributed by atoms with Crippen LogP contribution in [0, 0.1) is 0 Å². The van der Waals surface area contributed by atoms with Gasteiger partial charge >= 0.3 is 5.97 Å². The molecule has 0 aliphatic heterocycles. The van der Waals surface area contributed by atoms with Crippen molar-refractivity contribution in [1.29, 1.82) is 0 Å². The molecule has 0 unspecified atom stereocenters. The number of hydrogen-bond acceptors (Lipinski definition) is 4. The van der Waals surface area contributed by atoms with Crippen LogP contribution in [0.1, 0.15) is 22.8 Å². The van der Waals surface area contributed by atoms with E-state index < -0.39 is 5.97 Å². The molecule has 0 bridgehead atoms. The standard InChI is InChI=1S/C15H13BrN2O3/c1-9(13-8-11(16)4-7-14(13)19)17-18-12-5-2-10(3-6-12)15(20)21/h2-8,18-19H,1H3,(H,20,21)/b17-9-. The van der Waals surface area contributed by atoms with Crippen molar-refractivity contribution in [1.82, 2.24) is 0 Å². The normalized spacial score (nSPS) is 11.2. The van der Waals surface area contributed by atoms with Crippen LogP contribution in [-0.2, 0) is 0 Å². The molecule has 21 heavy (non-hydrogen) atoms. The molecule has 0 spiro atoms. The van der Waals surface area contributed by atoms with Crippen LogP contribution < -0.4 is 5.43 Å². The van der Waals surface area contributed by atoms with Crippen LogP contribution in [0.5, 0.6) is 5.75 Å². The number of benzene rings is 2. The number of hydrazone groups is 1. The van der Waals surface area contributed by atoms with Crippen molar-refractivity contribution >= 4 is 33.3 Å². The first-order chi connectivity index (χ1) is 9.97. The third-order valence-electron chi connectivity index (χ3n) is 2.83. The molecule has 5 nitrogen and oxygen atoms in total. The van der Waals surface area contributed by atoms with Crippen LogP contribution in [0.4, 0.5) is 5.69 Å². The maximum absolute atomic E-state index is 10.8. The van der Waals surface area contributed by atoms with Crippen LogP contribution in [0.15, 0.2) is 52.0 Å². The second kappa shape index (κ2) is 6.41. The Morgan fingerprint density at radius 2 is 1.86 bits per heavy atom. The zero-order valence-corrected chi connectivity index (χ0v) is 12.8. The van der Waals surface area contributed by atoms with Crippen molar-refractivity contribution in [3.05, 3.63) is 58.1 Å². The van der Waals surface area contributed by atoms with E-state index in [1.807, 2.05) is 0 Å². The van der Waals surface area contributed by atoms with Crippen molar-refractivity contribution in [2.75, 3.05) is 5.43 Å². The van der Waals surface area contributed by atoms with Crippen LogP contribution in [-0.4, -0.2) is 21.9 Å². The van der Waals surface area contributed by atoms with Crippen molar-refractivity contribution < 1.29 is 15.0 Å². The molecule has 0 aliphatic carbocycles. The molecule has 2 rings (SSSR count). The minimum absolute atomic E-state index is 0.141. The van der Waals surface area contributed by atoms with Crippen LogP contribution in [0.3, 0.4) is 0 Å². The number of carboxylic acids is 1. The van der Waals surface area contributed by atoms with Gasteiger partial charge < -0.3 is 10.2 Å². The molecule has 0 radical (unpaired) electrons. The molecule has 0 amide bonds. The van der Waals surface area contributed by atoms with E-state index in [9.17, 15) is 9.90 Å². The Bertz CT molecular complexity index is 697. The van der Waals surface area contributed by atoms with Crippen LogP contribution in [0.2, 0.25) is 0 Å². The van der Waals surface area contributed by atoms with E-state index in [0.29, 0.717) is 17.0 Å². The number of hydrogen-bond donors (Lipinski definition) is 3. The number of aromatic carboxylic acids is 1. The number of carboxylic acid groups (broad SMARTS) is 1. The zero-order valence-electron chi connectivity index (χ0n) is 11.2. The fraction of sp³-hybridized carbons (Fsp3) is 0.0667. The molecular formula is C15H13BrN2O3. The lowest BCUT2D eigenvalue weighted by molar-refractivity contribution is 0.0697. The highest BCUT2D eigenvalue weighted by Gasteiger charge is 2.06. The summed E-state index contributed by atoms with van der Waals surface area (Å²) in [6, 6.07) is 11.3. The number of aromatic hydroxyl groups is 1. The molecule has 3 N–H and O–H groups in total. The van der Waals surface area contributed by atoms with E-state index in [1.54, 1.807) is 37.3 Å². The SMILES string of the molecule is C/C(=N/Nc1ccc(C(=O)O)cc1)c1cc(Br)ccc1O. The molecule has 0 heterocycles. The molecule has 2 aromatic carbocycles. The van der Waals surface area contributed by atoms with Crippen LogP contribution >= 0.6 is 15.9 Å². The number of carbonyl (C=O) groups is 1. The van der Waals surface area contributed by atoms with E-state index in [0.717, 1.165) is 4.47 Å². The average Bonchev–Trinajstić information content (AvgIpc) is 2.47. The third-order valence-corrected chi connectivity index (χ3v) is 3.33. The minimum Gasteiger partial charge on any atom is -0.507 e. The molecule has 2 aromatic rings. The van der Waals surface area contributed by atoms with Gasteiger partial charge in [0, 0.05) is 10.0 Å². The molecular weight excluding hydrogens is 336 g/mol. The maximum atomic E-state index is 10.8. The summed E-state index contributed by atoms with van der Waals surface area (Å²) >= 11 is 3.34. The monoisotopic (exact) mass is 348 g/mol. The Morgan fingerprint density at radius 1 is 1.19 bits per heavy atom. The summed E-state index contributed by atoms with van der Waals surface area (Å²) < 4.78 is 0.843. The van der Waals surface area contributed by atoms with Gasteiger partial charge in [-0.3, -0.25) is 5.43 Å². The summed E-state index contributed by atoms with van der Waals surface area (Å²) in [7, 11) is 0. The van der Waals surface area contributed by atoms with Gasteiger partial charge in [-0.1, -0.05) is 15.9 Å². The number of phenols is 1. The number of phenolic OH excluding ortho intramolecular Hbond substituents is 1.